The van der Waals surface area contributed by atoms with Crippen LogP contribution in [-0.4, -0.2) is 23.6 Å². The fraction of sp³-hybridized carbons (Fsp3) is 0.143. The van der Waals surface area contributed by atoms with E-state index < -0.39 is 23.2 Å². The number of aryl methyl sites for hydroxylation is 1. The van der Waals surface area contributed by atoms with E-state index in [9.17, 15) is 18.0 Å². The van der Waals surface area contributed by atoms with Gasteiger partial charge in [-0.2, -0.15) is 0 Å². The lowest BCUT2D eigenvalue weighted by Gasteiger charge is -2.23. The van der Waals surface area contributed by atoms with Crippen LogP contribution in [0.15, 0.2) is 54.2 Å². The highest BCUT2D eigenvalue weighted by Gasteiger charge is 2.25. The molecule has 0 saturated carbocycles. The van der Waals surface area contributed by atoms with Crippen LogP contribution in [0.4, 0.5) is 18.9 Å². The molecule has 0 amide bonds. The number of fused-ring (bicyclic) bond motifs is 2. The van der Waals surface area contributed by atoms with Gasteiger partial charge in [-0.05, 0) is 43.2 Å². The molecule has 0 spiro atoms. The van der Waals surface area contributed by atoms with E-state index in [1.54, 1.807) is 19.2 Å². The minimum absolute atomic E-state index is 0. The molecule has 5 rings (SSSR count). The molecule has 0 unspecified atom stereocenters. The number of carbonyl (C=O) groups excluding carboxylic acids is 1. The Balaban J connectivity index is 0.00000304. The Hall–Kier alpha value is -4.13. The molecule has 7 heteroatoms. The number of ketones is 1. The molecule has 0 fully saturated rings. The number of aromatic nitrogens is 1. The van der Waals surface area contributed by atoms with Gasteiger partial charge in [-0.25, -0.2) is 13.2 Å². The summed E-state index contributed by atoms with van der Waals surface area (Å²) in [6, 6.07) is 8.86. The van der Waals surface area contributed by atoms with Crippen LogP contribution in [0.5, 0.6) is 5.75 Å². The lowest BCUT2D eigenvalue weighted by atomic mass is 9.89. The van der Waals surface area contributed by atoms with Gasteiger partial charge in [0, 0.05) is 53.0 Å². The van der Waals surface area contributed by atoms with E-state index in [1.807, 2.05) is 26.0 Å². The fourth-order valence-corrected chi connectivity index (χ4v) is 4.72. The zero-order valence-electron chi connectivity index (χ0n) is 19.4. The number of nitrogens with one attached hydrogen (secondary N) is 1. The smallest absolute Gasteiger partial charge is 0.195 e. The van der Waals surface area contributed by atoms with Crippen molar-refractivity contribution in [2.24, 2.45) is 4.99 Å². The molecule has 4 nitrogen and oxygen atoms in total. The third-order valence-electron chi connectivity index (χ3n) is 6.28. The molecule has 0 atom stereocenters. The van der Waals surface area contributed by atoms with E-state index in [0.29, 0.717) is 40.9 Å². The monoisotopic (exact) mass is 476 g/mol. The maximum atomic E-state index is 13.8. The first-order valence-corrected chi connectivity index (χ1v) is 10.9. The number of aliphatic imine (C=N–C) groups is 1. The number of rotatable bonds is 4. The van der Waals surface area contributed by atoms with Gasteiger partial charge < -0.3 is 9.72 Å². The second-order valence-corrected chi connectivity index (χ2v) is 8.64. The Kier molecular flexibility index (Phi) is 5.35. The molecule has 0 aliphatic carbocycles. The lowest BCUT2D eigenvalue weighted by molar-refractivity contribution is 0.103. The van der Waals surface area contributed by atoms with Crippen molar-refractivity contribution in [2.45, 2.75) is 20.3 Å². The minimum Gasteiger partial charge on any atom is -0.494 e. The summed E-state index contributed by atoms with van der Waals surface area (Å²) < 4.78 is 46.7. The van der Waals surface area contributed by atoms with Crippen molar-refractivity contribution in [2.75, 3.05) is 7.11 Å². The summed E-state index contributed by atoms with van der Waals surface area (Å²) in [5.74, 6) is -4.48. The van der Waals surface area contributed by atoms with Crippen molar-refractivity contribution in [3.8, 4) is 16.9 Å². The maximum absolute atomic E-state index is 13.8. The lowest BCUT2D eigenvalue weighted by Crippen LogP contribution is -2.04. The van der Waals surface area contributed by atoms with Gasteiger partial charge >= 0.3 is 0 Å². The first kappa shape index (κ1) is 22.7. The average molecular weight is 476 g/mol. The number of nitrogens with zero attached hydrogens (tertiary/aromatic N) is 1. The van der Waals surface area contributed by atoms with Crippen molar-refractivity contribution in [3.63, 3.8) is 0 Å². The number of para-hydroxylation sites is 1. The summed E-state index contributed by atoms with van der Waals surface area (Å²) >= 11 is 0. The highest BCUT2D eigenvalue weighted by molar-refractivity contribution is 6.18. The minimum atomic E-state index is -1.61. The van der Waals surface area contributed by atoms with Crippen LogP contribution >= 0.6 is 0 Å². The summed E-state index contributed by atoms with van der Waals surface area (Å²) in [6.45, 7) is 8.10. The van der Waals surface area contributed by atoms with Crippen LogP contribution in [0.1, 0.15) is 41.8 Å². The molecule has 35 heavy (non-hydrogen) atoms. The van der Waals surface area contributed by atoms with E-state index in [1.165, 1.54) is 6.20 Å². The summed E-state index contributed by atoms with van der Waals surface area (Å²) in [7, 11) is 1.59. The standard InChI is InChI=1S/C28H21F3N2O2.H2/c1-13-8-15(3)33-26-19(13)9-14(2)23(28(26)35-4)18-7-5-6-17-20(12-32-25(17)18)27(34)16-10-21(29)24(31)22(30)11-16;/h5-7,9-12,32H,1,8H2,2-4H3;1H. The molecular weight excluding hydrogens is 453 g/mol. The number of hydrogen-bond donors (Lipinski definition) is 1. The van der Waals surface area contributed by atoms with Crippen LogP contribution in [0, 0.1) is 24.4 Å². The second kappa shape index (κ2) is 8.27. The molecule has 3 aromatic carbocycles. The van der Waals surface area contributed by atoms with Gasteiger partial charge in [-0.15, -0.1) is 0 Å². The second-order valence-electron chi connectivity index (χ2n) is 8.64. The summed E-state index contributed by atoms with van der Waals surface area (Å²) in [5, 5.41) is 0.556. The number of benzene rings is 3. The fourth-order valence-electron chi connectivity index (χ4n) is 4.72. The van der Waals surface area contributed by atoms with Crippen LogP contribution in [-0.2, 0) is 0 Å². The molecule has 2 heterocycles. The van der Waals surface area contributed by atoms with Crippen LogP contribution in [0.3, 0.4) is 0 Å². The number of hydrogen-bond acceptors (Lipinski definition) is 3. The maximum Gasteiger partial charge on any atom is 0.195 e. The average Bonchev–Trinajstić information content (AvgIpc) is 3.26. The van der Waals surface area contributed by atoms with Crippen molar-refractivity contribution >= 4 is 33.7 Å². The zero-order chi connectivity index (χ0) is 25.0. The molecule has 1 aliphatic rings. The first-order valence-electron chi connectivity index (χ1n) is 10.9. The number of H-pyrrole nitrogens is 1. The van der Waals surface area contributed by atoms with Gasteiger partial charge in [0.05, 0.1) is 12.6 Å². The van der Waals surface area contributed by atoms with Gasteiger partial charge in [-0.3, -0.25) is 9.79 Å². The molecular formula is C28H23F3N2O2. The number of ether oxygens (including phenoxy) is 1. The van der Waals surface area contributed by atoms with E-state index >= 15 is 0 Å². The van der Waals surface area contributed by atoms with Crippen LogP contribution in [0.2, 0.25) is 0 Å². The largest absolute Gasteiger partial charge is 0.494 e. The summed E-state index contributed by atoms with van der Waals surface area (Å²) in [4.78, 5) is 21.0. The van der Waals surface area contributed by atoms with Gasteiger partial charge in [0.2, 0.25) is 0 Å². The highest BCUT2D eigenvalue weighted by atomic mass is 19.2. The number of halogens is 3. The summed E-state index contributed by atoms with van der Waals surface area (Å²) in [6.07, 6.45) is 2.18. The molecule has 0 radical (unpaired) electrons. The summed E-state index contributed by atoms with van der Waals surface area (Å²) in [5.41, 5.74) is 6.64. The predicted octanol–water partition coefficient (Wildman–Crippen LogP) is 7.56. The van der Waals surface area contributed by atoms with Crippen LogP contribution < -0.4 is 4.74 Å². The molecule has 1 N–H and O–H groups in total. The Morgan fingerprint density at radius 1 is 1.11 bits per heavy atom. The molecule has 0 bridgehead atoms. The predicted molar refractivity (Wildman–Crippen MR) is 133 cm³/mol. The van der Waals surface area contributed by atoms with Crippen molar-refractivity contribution in [1.82, 2.24) is 4.98 Å². The van der Waals surface area contributed by atoms with E-state index in [4.69, 9.17) is 9.73 Å². The van der Waals surface area contributed by atoms with Gasteiger partial charge in [0.1, 0.15) is 5.69 Å². The SMILES string of the molecule is C=C1CC(C)=Nc2c1cc(C)c(-c1cccc3c(C(=O)c4cc(F)c(F)c(F)c4)c[nH]c13)c2OC.[HH]. The molecule has 178 valence electrons. The molecule has 1 aromatic heterocycles. The first-order chi connectivity index (χ1) is 16.7. The van der Waals surface area contributed by atoms with Crippen molar-refractivity contribution in [1.29, 1.82) is 0 Å². The van der Waals surface area contributed by atoms with Crippen molar-refractivity contribution < 1.29 is 24.1 Å². The van der Waals surface area contributed by atoms with E-state index in [2.05, 4.69) is 11.6 Å². The normalized spacial score (nSPS) is 13.1. The third kappa shape index (κ3) is 3.55. The Bertz CT molecular complexity index is 1580. The molecule has 1 aliphatic heterocycles. The molecule has 4 aromatic rings. The quantitative estimate of drug-likeness (QED) is 0.244. The zero-order valence-corrected chi connectivity index (χ0v) is 19.4. The third-order valence-corrected chi connectivity index (χ3v) is 6.28. The van der Waals surface area contributed by atoms with E-state index in [0.717, 1.165) is 33.5 Å². The van der Waals surface area contributed by atoms with Gasteiger partial charge in [0.25, 0.3) is 0 Å². The number of carbonyl (C=O) groups is 1. The van der Waals surface area contributed by atoms with Crippen molar-refractivity contribution in [3.05, 3.63) is 88.9 Å². The number of methoxy groups -OCH3 is 1. The number of aromatic amines is 1. The topological polar surface area (TPSA) is 54.5 Å². The Morgan fingerprint density at radius 2 is 1.83 bits per heavy atom. The molecule has 0 saturated heterocycles. The number of allylic oxidation sites excluding steroid dienone is 1. The Morgan fingerprint density at radius 3 is 2.51 bits per heavy atom. The van der Waals surface area contributed by atoms with Crippen LogP contribution in [0.25, 0.3) is 27.6 Å². The highest BCUT2D eigenvalue weighted by Crippen LogP contribution is 2.48. The Labute approximate surface area is 201 Å². The van der Waals surface area contributed by atoms with Gasteiger partial charge in [0.15, 0.2) is 29.0 Å². The van der Waals surface area contributed by atoms with E-state index in [-0.39, 0.29) is 12.6 Å². The van der Waals surface area contributed by atoms with Gasteiger partial charge in [-0.1, -0.05) is 24.8 Å².